The standard InChI is InChI=1S/C10H14ClNO2/c1-6(2)9-4-8(11)3-7(5-12-14)10(9)13/h3-4,6,12-14H,5H2,1-2H3. The summed E-state index contributed by atoms with van der Waals surface area (Å²) in [7, 11) is 0. The highest BCUT2D eigenvalue weighted by Gasteiger charge is 2.11. The molecule has 0 fully saturated rings. The maximum atomic E-state index is 9.81. The van der Waals surface area contributed by atoms with Crippen LogP contribution in [0.5, 0.6) is 5.75 Å². The highest BCUT2D eigenvalue weighted by atomic mass is 35.5. The molecule has 0 aromatic heterocycles. The van der Waals surface area contributed by atoms with Crippen LogP contribution in [0, 0.1) is 0 Å². The average Bonchev–Trinajstić information content (AvgIpc) is 2.10. The van der Waals surface area contributed by atoms with E-state index in [0.717, 1.165) is 5.56 Å². The van der Waals surface area contributed by atoms with E-state index in [1.54, 1.807) is 12.1 Å². The van der Waals surface area contributed by atoms with Gasteiger partial charge in [0.2, 0.25) is 0 Å². The molecule has 0 unspecified atom stereocenters. The Morgan fingerprint density at radius 1 is 1.43 bits per heavy atom. The fourth-order valence-electron chi connectivity index (χ4n) is 1.34. The molecule has 3 N–H and O–H groups in total. The summed E-state index contributed by atoms with van der Waals surface area (Å²) < 4.78 is 0. The summed E-state index contributed by atoms with van der Waals surface area (Å²) in [6, 6.07) is 3.37. The molecule has 0 aliphatic rings. The number of hydrogen-bond acceptors (Lipinski definition) is 3. The second kappa shape index (κ2) is 4.64. The second-order valence-corrected chi connectivity index (χ2v) is 3.93. The van der Waals surface area contributed by atoms with Gasteiger partial charge in [0.1, 0.15) is 5.75 Å². The van der Waals surface area contributed by atoms with Gasteiger partial charge in [-0.25, -0.2) is 5.48 Å². The molecule has 0 aliphatic carbocycles. The Bertz CT molecular complexity index is 326. The molecule has 0 saturated heterocycles. The summed E-state index contributed by atoms with van der Waals surface area (Å²) >= 11 is 5.88. The van der Waals surface area contributed by atoms with Gasteiger partial charge in [-0.3, -0.25) is 0 Å². The fraction of sp³-hybridized carbons (Fsp3) is 0.400. The summed E-state index contributed by atoms with van der Waals surface area (Å²) in [6.45, 7) is 4.13. The highest BCUT2D eigenvalue weighted by Crippen LogP contribution is 2.32. The summed E-state index contributed by atoms with van der Waals surface area (Å²) in [5, 5.41) is 18.9. The molecule has 4 heteroatoms. The van der Waals surface area contributed by atoms with Crippen molar-refractivity contribution in [1.29, 1.82) is 0 Å². The third kappa shape index (κ3) is 2.38. The Balaban J connectivity index is 3.18. The molecular weight excluding hydrogens is 202 g/mol. The monoisotopic (exact) mass is 215 g/mol. The van der Waals surface area contributed by atoms with Crippen LogP contribution < -0.4 is 5.48 Å². The molecule has 1 rings (SSSR count). The number of hydroxylamine groups is 1. The van der Waals surface area contributed by atoms with Gasteiger partial charge in [0, 0.05) is 17.1 Å². The Morgan fingerprint density at radius 2 is 2.07 bits per heavy atom. The average molecular weight is 216 g/mol. The number of halogens is 1. The van der Waals surface area contributed by atoms with Crippen LogP contribution in [0.2, 0.25) is 5.02 Å². The Labute approximate surface area is 88.3 Å². The molecule has 0 heterocycles. The van der Waals surface area contributed by atoms with Gasteiger partial charge in [0.15, 0.2) is 0 Å². The maximum absolute atomic E-state index is 9.81. The second-order valence-electron chi connectivity index (χ2n) is 3.49. The molecular formula is C10H14ClNO2. The number of hydrogen-bond donors (Lipinski definition) is 3. The van der Waals surface area contributed by atoms with E-state index in [2.05, 4.69) is 0 Å². The van der Waals surface area contributed by atoms with E-state index in [-0.39, 0.29) is 18.2 Å². The molecule has 14 heavy (non-hydrogen) atoms. The van der Waals surface area contributed by atoms with E-state index < -0.39 is 0 Å². The Morgan fingerprint density at radius 3 is 2.57 bits per heavy atom. The molecule has 1 aromatic rings. The number of phenolic OH excluding ortho intramolecular Hbond substituents is 1. The molecule has 0 amide bonds. The van der Waals surface area contributed by atoms with Crippen LogP contribution in [0.25, 0.3) is 0 Å². The first-order valence-electron chi connectivity index (χ1n) is 4.44. The lowest BCUT2D eigenvalue weighted by atomic mass is 9.99. The van der Waals surface area contributed by atoms with E-state index in [1.807, 2.05) is 19.3 Å². The van der Waals surface area contributed by atoms with Crippen LogP contribution in [-0.4, -0.2) is 10.3 Å². The number of rotatable bonds is 3. The lowest BCUT2D eigenvalue weighted by molar-refractivity contribution is 0.160. The van der Waals surface area contributed by atoms with Gasteiger partial charge in [-0.05, 0) is 23.6 Å². The molecule has 0 spiro atoms. The summed E-state index contributed by atoms with van der Waals surface area (Å²) in [5.41, 5.74) is 3.39. The zero-order valence-electron chi connectivity index (χ0n) is 8.21. The normalized spacial score (nSPS) is 10.9. The molecule has 0 atom stereocenters. The van der Waals surface area contributed by atoms with Crippen molar-refractivity contribution >= 4 is 11.6 Å². The van der Waals surface area contributed by atoms with E-state index in [0.29, 0.717) is 10.6 Å². The zero-order valence-corrected chi connectivity index (χ0v) is 8.97. The highest BCUT2D eigenvalue weighted by molar-refractivity contribution is 6.30. The quantitative estimate of drug-likeness (QED) is 0.680. The minimum absolute atomic E-state index is 0.187. The first-order valence-corrected chi connectivity index (χ1v) is 4.82. The minimum atomic E-state index is 0.187. The van der Waals surface area contributed by atoms with Gasteiger partial charge >= 0.3 is 0 Å². The van der Waals surface area contributed by atoms with Gasteiger partial charge in [-0.15, -0.1) is 0 Å². The van der Waals surface area contributed by atoms with Gasteiger partial charge in [-0.1, -0.05) is 25.4 Å². The lowest BCUT2D eigenvalue weighted by Gasteiger charge is -2.12. The topological polar surface area (TPSA) is 52.5 Å². The summed E-state index contributed by atoms with van der Waals surface area (Å²) in [5.74, 6) is 0.400. The van der Waals surface area contributed by atoms with Gasteiger partial charge < -0.3 is 10.3 Å². The number of aromatic hydroxyl groups is 1. The van der Waals surface area contributed by atoms with Crippen molar-refractivity contribution in [3.8, 4) is 5.75 Å². The van der Waals surface area contributed by atoms with Crippen LogP contribution in [0.1, 0.15) is 30.9 Å². The summed E-state index contributed by atoms with van der Waals surface area (Å²) in [4.78, 5) is 0. The van der Waals surface area contributed by atoms with Gasteiger partial charge in [0.05, 0.1) is 0 Å². The fourth-order valence-corrected chi connectivity index (χ4v) is 1.59. The predicted octanol–water partition coefficient (Wildman–Crippen LogP) is 2.65. The van der Waals surface area contributed by atoms with Crippen molar-refractivity contribution in [2.75, 3.05) is 0 Å². The van der Waals surface area contributed by atoms with Crippen molar-refractivity contribution in [3.05, 3.63) is 28.3 Å². The molecule has 0 bridgehead atoms. The molecule has 0 aliphatic heterocycles. The van der Waals surface area contributed by atoms with E-state index in [1.165, 1.54) is 0 Å². The minimum Gasteiger partial charge on any atom is -0.507 e. The Hall–Kier alpha value is -0.770. The SMILES string of the molecule is CC(C)c1cc(Cl)cc(CNO)c1O. The van der Waals surface area contributed by atoms with Crippen LogP contribution in [0.3, 0.4) is 0 Å². The molecule has 0 radical (unpaired) electrons. The van der Waals surface area contributed by atoms with Crippen molar-refractivity contribution < 1.29 is 10.3 Å². The number of phenols is 1. The van der Waals surface area contributed by atoms with Crippen molar-refractivity contribution in [3.63, 3.8) is 0 Å². The first-order chi connectivity index (χ1) is 6.56. The third-order valence-corrected chi connectivity index (χ3v) is 2.29. The van der Waals surface area contributed by atoms with Crippen LogP contribution in [0.15, 0.2) is 12.1 Å². The smallest absolute Gasteiger partial charge is 0.123 e. The number of nitrogens with one attached hydrogen (secondary N) is 1. The van der Waals surface area contributed by atoms with E-state index >= 15 is 0 Å². The van der Waals surface area contributed by atoms with Crippen molar-refractivity contribution in [2.24, 2.45) is 0 Å². The zero-order chi connectivity index (χ0) is 10.7. The van der Waals surface area contributed by atoms with Gasteiger partial charge in [-0.2, -0.15) is 0 Å². The lowest BCUT2D eigenvalue weighted by Crippen LogP contribution is -2.07. The van der Waals surface area contributed by atoms with Crippen molar-refractivity contribution in [1.82, 2.24) is 5.48 Å². The number of benzene rings is 1. The van der Waals surface area contributed by atoms with E-state index in [4.69, 9.17) is 16.8 Å². The molecule has 78 valence electrons. The maximum Gasteiger partial charge on any atom is 0.123 e. The van der Waals surface area contributed by atoms with Crippen molar-refractivity contribution in [2.45, 2.75) is 26.3 Å². The first kappa shape index (κ1) is 11.3. The van der Waals surface area contributed by atoms with Crippen LogP contribution in [0.4, 0.5) is 0 Å². The largest absolute Gasteiger partial charge is 0.507 e. The molecule has 3 nitrogen and oxygen atoms in total. The predicted molar refractivity (Wildman–Crippen MR) is 55.8 cm³/mol. The van der Waals surface area contributed by atoms with Gasteiger partial charge in [0.25, 0.3) is 0 Å². The molecule has 0 saturated carbocycles. The van der Waals surface area contributed by atoms with Crippen LogP contribution >= 0.6 is 11.6 Å². The van der Waals surface area contributed by atoms with E-state index in [9.17, 15) is 5.11 Å². The van der Waals surface area contributed by atoms with Crippen LogP contribution in [-0.2, 0) is 6.54 Å². The Kier molecular flexibility index (Phi) is 3.75. The molecule has 1 aromatic carbocycles. The summed E-state index contributed by atoms with van der Waals surface area (Å²) in [6.07, 6.45) is 0. The third-order valence-electron chi connectivity index (χ3n) is 2.07.